The summed E-state index contributed by atoms with van der Waals surface area (Å²) in [6.45, 7) is 5.52. The number of ether oxygens (including phenoxy) is 1. The van der Waals surface area contributed by atoms with E-state index in [-0.39, 0.29) is 23.1 Å². The third kappa shape index (κ3) is 2.03. The number of esters is 1. The number of hydrogen-bond donors (Lipinski definition) is 1. The summed E-state index contributed by atoms with van der Waals surface area (Å²) in [7, 11) is 0. The van der Waals surface area contributed by atoms with Gasteiger partial charge in [0.2, 0.25) is 0 Å². The molecule has 1 N–H and O–H groups in total. The van der Waals surface area contributed by atoms with E-state index in [0.717, 1.165) is 25.2 Å². The van der Waals surface area contributed by atoms with Crippen molar-refractivity contribution in [2.24, 2.45) is 35.0 Å². The summed E-state index contributed by atoms with van der Waals surface area (Å²) >= 11 is 0. The molecule has 6 saturated carbocycles. The van der Waals surface area contributed by atoms with Gasteiger partial charge < -0.3 is 9.84 Å². The lowest BCUT2D eigenvalue weighted by Crippen LogP contribution is -2.61. The molecule has 6 unspecified atom stereocenters. The van der Waals surface area contributed by atoms with E-state index in [9.17, 15) is 9.90 Å². The van der Waals surface area contributed by atoms with E-state index in [1.54, 1.807) is 6.92 Å². The van der Waals surface area contributed by atoms with E-state index >= 15 is 0 Å². The van der Waals surface area contributed by atoms with Crippen molar-refractivity contribution in [3.63, 3.8) is 0 Å². The van der Waals surface area contributed by atoms with E-state index < -0.39 is 0 Å². The van der Waals surface area contributed by atoms with Gasteiger partial charge in [-0.15, -0.1) is 0 Å². The molecule has 6 atom stereocenters. The summed E-state index contributed by atoms with van der Waals surface area (Å²) in [5.41, 5.74) is 0.486. The number of aliphatic hydroxyl groups excluding tert-OH is 1. The molecule has 0 heterocycles. The fraction of sp³-hybridized carbons (Fsp3) is 0.857. The minimum atomic E-state index is -0.262. The van der Waals surface area contributed by atoms with Gasteiger partial charge in [0.15, 0.2) is 0 Å². The summed E-state index contributed by atoms with van der Waals surface area (Å²) in [5.74, 6) is 2.90. The zero-order valence-corrected chi connectivity index (χ0v) is 14.8. The Morgan fingerprint density at radius 2 is 1.75 bits per heavy atom. The smallest absolute Gasteiger partial charge is 0.333 e. The molecule has 0 radical (unpaired) electrons. The molecular weight excluding hydrogens is 300 g/mol. The molecule has 24 heavy (non-hydrogen) atoms. The first kappa shape index (κ1) is 15.4. The van der Waals surface area contributed by atoms with Crippen molar-refractivity contribution in [2.45, 2.75) is 76.4 Å². The molecule has 0 aromatic carbocycles. The molecule has 132 valence electrons. The Labute approximate surface area is 144 Å². The molecule has 0 aromatic rings. The Morgan fingerprint density at radius 3 is 2.33 bits per heavy atom. The van der Waals surface area contributed by atoms with E-state index in [2.05, 4.69) is 6.58 Å². The Morgan fingerprint density at radius 1 is 1.08 bits per heavy atom. The Bertz CT molecular complexity index is 578. The minimum Gasteiger partial charge on any atom is -0.456 e. The number of aliphatic hydroxyl groups is 1. The molecule has 0 aliphatic heterocycles. The van der Waals surface area contributed by atoms with Crippen LogP contribution >= 0.6 is 0 Å². The molecule has 0 saturated heterocycles. The molecule has 3 nitrogen and oxygen atoms in total. The lowest BCUT2D eigenvalue weighted by Gasteiger charge is -2.64. The van der Waals surface area contributed by atoms with Gasteiger partial charge in [-0.05, 0) is 99.7 Å². The van der Waals surface area contributed by atoms with Gasteiger partial charge in [-0.25, -0.2) is 4.79 Å². The standard InChI is InChI=1S/C21H30O3/c1-12(2)19(23)24-21-9-13-5-14(10-21)8-20(7-13,11-21)17-15-3-4-16(6-15)18(17)22/h13-18,22H,1,3-11H2,2H3. The predicted octanol–water partition coefficient (Wildman–Crippen LogP) is 3.85. The molecule has 6 aliphatic rings. The fourth-order valence-corrected chi connectivity index (χ4v) is 8.16. The summed E-state index contributed by atoms with van der Waals surface area (Å²) in [6, 6.07) is 0. The molecular formula is C21H30O3. The van der Waals surface area contributed by atoms with Crippen LogP contribution in [0, 0.1) is 35.0 Å². The third-order valence-electron chi connectivity index (χ3n) is 8.29. The van der Waals surface area contributed by atoms with Crippen LogP contribution in [0.25, 0.3) is 0 Å². The maximum absolute atomic E-state index is 12.3. The summed E-state index contributed by atoms with van der Waals surface area (Å²) < 4.78 is 6.09. The second-order valence-electron chi connectivity index (χ2n) is 10.0. The van der Waals surface area contributed by atoms with Crippen LogP contribution in [0.2, 0.25) is 0 Å². The quantitative estimate of drug-likeness (QED) is 0.631. The highest BCUT2D eigenvalue weighted by Crippen LogP contribution is 2.69. The summed E-state index contributed by atoms with van der Waals surface area (Å²) in [4.78, 5) is 12.3. The van der Waals surface area contributed by atoms with E-state index in [1.807, 2.05) is 0 Å². The highest BCUT2D eigenvalue weighted by atomic mass is 16.6. The Balaban J connectivity index is 1.47. The van der Waals surface area contributed by atoms with Crippen LogP contribution in [0.15, 0.2) is 12.2 Å². The highest BCUT2D eigenvalue weighted by Gasteiger charge is 2.66. The number of hydrogen-bond acceptors (Lipinski definition) is 3. The van der Waals surface area contributed by atoms with Crippen molar-refractivity contribution in [3.8, 4) is 0 Å². The average Bonchev–Trinajstić information content (AvgIpc) is 3.05. The Hall–Kier alpha value is -0.830. The molecule has 6 aliphatic carbocycles. The normalized spacial score (nSPS) is 54.2. The van der Waals surface area contributed by atoms with Crippen LogP contribution in [-0.4, -0.2) is 22.8 Å². The summed E-state index contributed by atoms with van der Waals surface area (Å²) in [5, 5.41) is 11.0. The zero-order valence-electron chi connectivity index (χ0n) is 14.8. The average molecular weight is 330 g/mol. The van der Waals surface area contributed by atoms with Crippen LogP contribution in [-0.2, 0) is 9.53 Å². The van der Waals surface area contributed by atoms with Gasteiger partial charge in [-0.2, -0.15) is 0 Å². The number of carbonyl (C=O) groups is 1. The van der Waals surface area contributed by atoms with Crippen molar-refractivity contribution in [2.75, 3.05) is 0 Å². The molecule has 0 spiro atoms. The van der Waals surface area contributed by atoms with Crippen LogP contribution in [0.3, 0.4) is 0 Å². The monoisotopic (exact) mass is 330 g/mol. The summed E-state index contributed by atoms with van der Waals surface area (Å²) in [6.07, 6.45) is 10.6. The van der Waals surface area contributed by atoms with Crippen molar-refractivity contribution < 1.29 is 14.6 Å². The molecule has 3 heteroatoms. The SMILES string of the molecule is C=C(C)C(=O)OC12CC3CC(C1)CC(C1C4CCC(C4)C1O)(C3)C2. The van der Waals surface area contributed by atoms with Gasteiger partial charge in [0.25, 0.3) is 0 Å². The first-order chi connectivity index (χ1) is 11.4. The van der Waals surface area contributed by atoms with E-state index in [4.69, 9.17) is 4.74 Å². The number of carbonyl (C=O) groups excluding carboxylic acids is 1. The third-order valence-corrected chi connectivity index (χ3v) is 8.29. The van der Waals surface area contributed by atoms with Crippen molar-refractivity contribution in [1.29, 1.82) is 0 Å². The van der Waals surface area contributed by atoms with Gasteiger partial charge in [0.05, 0.1) is 6.10 Å². The molecule has 6 fully saturated rings. The predicted molar refractivity (Wildman–Crippen MR) is 91.1 cm³/mol. The topological polar surface area (TPSA) is 46.5 Å². The highest BCUT2D eigenvalue weighted by molar-refractivity contribution is 5.87. The van der Waals surface area contributed by atoms with Gasteiger partial charge >= 0.3 is 5.97 Å². The van der Waals surface area contributed by atoms with Crippen LogP contribution in [0.1, 0.15) is 64.7 Å². The number of rotatable bonds is 3. The number of fused-ring (bicyclic) bond motifs is 2. The second kappa shape index (κ2) is 4.87. The van der Waals surface area contributed by atoms with E-state index in [0.29, 0.717) is 29.2 Å². The van der Waals surface area contributed by atoms with Gasteiger partial charge in [0, 0.05) is 5.57 Å². The minimum absolute atomic E-state index is 0.103. The lowest BCUT2D eigenvalue weighted by atomic mass is 9.43. The second-order valence-corrected chi connectivity index (χ2v) is 10.0. The first-order valence-electron chi connectivity index (χ1n) is 9.97. The van der Waals surface area contributed by atoms with Crippen molar-refractivity contribution in [1.82, 2.24) is 0 Å². The zero-order chi connectivity index (χ0) is 16.7. The molecule has 0 aromatic heterocycles. The van der Waals surface area contributed by atoms with Crippen molar-refractivity contribution >= 4 is 5.97 Å². The van der Waals surface area contributed by atoms with Gasteiger partial charge in [-0.1, -0.05) is 6.58 Å². The largest absolute Gasteiger partial charge is 0.456 e. The van der Waals surface area contributed by atoms with Crippen LogP contribution in [0.5, 0.6) is 0 Å². The maximum Gasteiger partial charge on any atom is 0.333 e. The van der Waals surface area contributed by atoms with Crippen LogP contribution < -0.4 is 0 Å². The van der Waals surface area contributed by atoms with Gasteiger partial charge in [0.1, 0.15) is 5.60 Å². The van der Waals surface area contributed by atoms with E-state index in [1.165, 1.54) is 38.5 Å². The van der Waals surface area contributed by atoms with Crippen molar-refractivity contribution in [3.05, 3.63) is 12.2 Å². The molecule has 0 amide bonds. The molecule has 6 bridgehead atoms. The van der Waals surface area contributed by atoms with Crippen LogP contribution in [0.4, 0.5) is 0 Å². The van der Waals surface area contributed by atoms with Gasteiger partial charge in [-0.3, -0.25) is 0 Å². The lowest BCUT2D eigenvalue weighted by molar-refractivity contribution is -0.217. The maximum atomic E-state index is 12.3. The first-order valence-corrected chi connectivity index (χ1v) is 9.97. The Kier molecular flexibility index (Phi) is 3.13. The molecule has 6 rings (SSSR count). The fourth-order valence-electron chi connectivity index (χ4n) is 8.16.